The van der Waals surface area contributed by atoms with Crippen molar-refractivity contribution in [3.05, 3.63) is 24.3 Å². The standard InChI is InChI=1S/C15H22N2O4/c1-11(14(18)19)5-4-10-16-15(20)17(2)12-6-8-13(21-3)9-7-12/h6-9,11H,4-5,10H2,1-3H3,(H,16,20)(H,18,19). The number of anilines is 1. The van der Waals surface area contributed by atoms with E-state index in [1.165, 1.54) is 4.90 Å². The van der Waals surface area contributed by atoms with Gasteiger partial charge in [-0.3, -0.25) is 9.69 Å². The van der Waals surface area contributed by atoms with E-state index >= 15 is 0 Å². The molecule has 6 heteroatoms. The van der Waals surface area contributed by atoms with Crippen molar-refractivity contribution in [1.29, 1.82) is 0 Å². The first-order chi connectivity index (χ1) is 9.95. The molecule has 1 rings (SSSR count). The van der Waals surface area contributed by atoms with Crippen LogP contribution in [0.2, 0.25) is 0 Å². The number of hydrogen-bond acceptors (Lipinski definition) is 3. The van der Waals surface area contributed by atoms with Gasteiger partial charge >= 0.3 is 12.0 Å². The molecule has 6 nitrogen and oxygen atoms in total. The lowest BCUT2D eigenvalue weighted by Gasteiger charge is -2.18. The molecule has 0 heterocycles. The number of hydrogen-bond donors (Lipinski definition) is 2. The van der Waals surface area contributed by atoms with Crippen molar-refractivity contribution in [3.8, 4) is 5.75 Å². The van der Waals surface area contributed by atoms with Crippen molar-refractivity contribution in [2.24, 2.45) is 5.92 Å². The summed E-state index contributed by atoms with van der Waals surface area (Å²) in [5, 5.41) is 11.5. The van der Waals surface area contributed by atoms with Crippen LogP contribution in [-0.4, -0.2) is 37.8 Å². The van der Waals surface area contributed by atoms with Crippen LogP contribution in [0.1, 0.15) is 19.8 Å². The van der Waals surface area contributed by atoms with E-state index in [0.29, 0.717) is 19.4 Å². The number of urea groups is 1. The van der Waals surface area contributed by atoms with E-state index in [1.807, 2.05) is 0 Å². The number of benzene rings is 1. The third kappa shape index (κ3) is 5.33. The normalized spacial score (nSPS) is 11.6. The van der Waals surface area contributed by atoms with Gasteiger partial charge in [0.2, 0.25) is 0 Å². The maximum absolute atomic E-state index is 11.9. The Kier molecular flexibility index (Phi) is 6.52. The molecule has 1 atom stereocenters. The number of methoxy groups -OCH3 is 1. The molecule has 0 bridgehead atoms. The van der Waals surface area contributed by atoms with E-state index in [9.17, 15) is 9.59 Å². The largest absolute Gasteiger partial charge is 0.497 e. The Labute approximate surface area is 124 Å². The second-order valence-corrected chi connectivity index (χ2v) is 4.87. The van der Waals surface area contributed by atoms with Gasteiger partial charge in [-0.15, -0.1) is 0 Å². The van der Waals surface area contributed by atoms with Crippen molar-refractivity contribution < 1.29 is 19.4 Å². The fourth-order valence-corrected chi connectivity index (χ4v) is 1.77. The summed E-state index contributed by atoms with van der Waals surface area (Å²) >= 11 is 0. The number of aliphatic carboxylic acids is 1. The zero-order chi connectivity index (χ0) is 15.8. The molecule has 21 heavy (non-hydrogen) atoms. The van der Waals surface area contributed by atoms with Crippen LogP contribution < -0.4 is 15.0 Å². The van der Waals surface area contributed by atoms with Gasteiger partial charge in [0.15, 0.2) is 0 Å². The average molecular weight is 294 g/mol. The van der Waals surface area contributed by atoms with Gasteiger partial charge in [-0.05, 0) is 37.1 Å². The van der Waals surface area contributed by atoms with Gasteiger partial charge in [-0.25, -0.2) is 4.79 Å². The molecule has 116 valence electrons. The molecule has 0 saturated heterocycles. The zero-order valence-electron chi connectivity index (χ0n) is 12.6. The van der Waals surface area contributed by atoms with E-state index in [1.54, 1.807) is 45.3 Å². The SMILES string of the molecule is COc1ccc(N(C)C(=O)NCCCC(C)C(=O)O)cc1. The Morgan fingerprint density at radius 1 is 1.33 bits per heavy atom. The molecule has 0 aliphatic rings. The van der Waals surface area contributed by atoms with Crippen molar-refractivity contribution in [2.45, 2.75) is 19.8 Å². The van der Waals surface area contributed by atoms with Gasteiger partial charge in [-0.1, -0.05) is 6.92 Å². The van der Waals surface area contributed by atoms with E-state index in [-0.39, 0.29) is 11.9 Å². The molecular weight excluding hydrogens is 272 g/mol. The third-order valence-corrected chi connectivity index (χ3v) is 3.28. The van der Waals surface area contributed by atoms with Crippen molar-refractivity contribution in [2.75, 3.05) is 25.6 Å². The summed E-state index contributed by atoms with van der Waals surface area (Å²) in [6.07, 6.45) is 1.18. The molecule has 1 aromatic rings. The molecule has 2 amide bonds. The lowest BCUT2D eigenvalue weighted by atomic mass is 10.1. The van der Waals surface area contributed by atoms with Crippen LogP contribution in [0.3, 0.4) is 0 Å². The van der Waals surface area contributed by atoms with E-state index < -0.39 is 5.97 Å². The molecule has 0 aromatic heterocycles. The number of carboxylic acid groups (broad SMARTS) is 1. The number of nitrogens with zero attached hydrogens (tertiary/aromatic N) is 1. The topological polar surface area (TPSA) is 78.9 Å². The minimum atomic E-state index is -0.809. The maximum Gasteiger partial charge on any atom is 0.321 e. The minimum absolute atomic E-state index is 0.219. The number of carbonyl (C=O) groups is 2. The van der Waals surface area contributed by atoms with Gasteiger partial charge in [-0.2, -0.15) is 0 Å². The summed E-state index contributed by atoms with van der Waals surface area (Å²) in [6.45, 7) is 2.12. The van der Waals surface area contributed by atoms with E-state index in [2.05, 4.69) is 5.32 Å². The number of nitrogens with one attached hydrogen (secondary N) is 1. The summed E-state index contributed by atoms with van der Waals surface area (Å²) in [5.41, 5.74) is 0.757. The highest BCUT2D eigenvalue weighted by Gasteiger charge is 2.12. The van der Waals surface area contributed by atoms with Gasteiger partial charge in [0.1, 0.15) is 5.75 Å². The van der Waals surface area contributed by atoms with Gasteiger partial charge in [0.05, 0.1) is 13.0 Å². The van der Waals surface area contributed by atoms with Crippen molar-refractivity contribution in [3.63, 3.8) is 0 Å². The summed E-state index contributed by atoms with van der Waals surface area (Å²) in [7, 11) is 3.26. The highest BCUT2D eigenvalue weighted by molar-refractivity contribution is 5.91. The van der Waals surface area contributed by atoms with Crippen LogP contribution in [-0.2, 0) is 4.79 Å². The van der Waals surface area contributed by atoms with E-state index in [4.69, 9.17) is 9.84 Å². The predicted octanol–water partition coefficient (Wildman–Crippen LogP) is 2.34. The first kappa shape index (κ1) is 16.8. The molecule has 0 aliphatic carbocycles. The Balaban J connectivity index is 2.38. The Hall–Kier alpha value is -2.24. The minimum Gasteiger partial charge on any atom is -0.497 e. The van der Waals surface area contributed by atoms with Crippen LogP contribution in [0.4, 0.5) is 10.5 Å². The average Bonchev–Trinajstić information content (AvgIpc) is 2.50. The molecule has 0 spiro atoms. The molecule has 0 radical (unpaired) electrons. The number of ether oxygens (including phenoxy) is 1. The van der Waals surface area contributed by atoms with Crippen LogP contribution in [0.5, 0.6) is 5.75 Å². The Morgan fingerprint density at radius 3 is 2.48 bits per heavy atom. The number of amides is 2. The fourth-order valence-electron chi connectivity index (χ4n) is 1.77. The molecule has 0 fully saturated rings. The van der Waals surface area contributed by atoms with E-state index in [0.717, 1.165) is 11.4 Å². The zero-order valence-corrected chi connectivity index (χ0v) is 12.6. The quantitative estimate of drug-likeness (QED) is 0.757. The van der Waals surface area contributed by atoms with Gasteiger partial charge in [0, 0.05) is 19.3 Å². The first-order valence-electron chi connectivity index (χ1n) is 6.84. The lowest BCUT2D eigenvalue weighted by Crippen LogP contribution is -2.37. The monoisotopic (exact) mass is 294 g/mol. The summed E-state index contributed by atoms with van der Waals surface area (Å²) in [6, 6.07) is 6.94. The summed E-state index contributed by atoms with van der Waals surface area (Å²) in [4.78, 5) is 24.1. The van der Waals surface area contributed by atoms with Crippen molar-refractivity contribution in [1.82, 2.24) is 5.32 Å². The fraction of sp³-hybridized carbons (Fsp3) is 0.467. The van der Waals surface area contributed by atoms with Crippen LogP contribution in [0, 0.1) is 5.92 Å². The number of rotatable bonds is 7. The lowest BCUT2D eigenvalue weighted by molar-refractivity contribution is -0.141. The van der Waals surface area contributed by atoms with Gasteiger partial charge < -0.3 is 15.2 Å². The Bertz CT molecular complexity index is 473. The molecule has 0 saturated carbocycles. The highest BCUT2D eigenvalue weighted by atomic mass is 16.5. The van der Waals surface area contributed by atoms with Crippen LogP contribution in [0.15, 0.2) is 24.3 Å². The molecular formula is C15H22N2O4. The predicted molar refractivity (Wildman–Crippen MR) is 80.8 cm³/mol. The maximum atomic E-state index is 11.9. The molecule has 1 unspecified atom stereocenters. The van der Waals surface area contributed by atoms with Crippen molar-refractivity contribution >= 4 is 17.7 Å². The smallest absolute Gasteiger partial charge is 0.321 e. The summed E-state index contributed by atoms with van der Waals surface area (Å²) in [5.74, 6) is -0.465. The van der Waals surface area contributed by atoms with Crippen LogP contribution in [0.25, 0.3) is 0 Å². The Morgan fingerprint density at radius 2 is 1.95 bits per heavy atom. The molecule has 1 aromatic carbocycles. The molecule has 0 aliphatic heterocycles. The second kappa shape index (κ2) is 8.14. The number of carbonyl (C=O) groups excluding carboxylic acids is 1. The third-order valence-electron chi connectivity index (χ3n) is 3.28. The number of carboxylic acids is 1. The molecule has 2 N–H and O–H groups in total. The van der Waals surface area contributed by atoms with Gasteiger partial charge in [0.25, 0.3) is 0 Å². The second-order valence-electron chi connectivity index (χ2n) is 4.87. The first-order valence-corrected chi connectivity index (χ1v) is 6.84. The van der Waals surface area contributed by atoms with Crippen LogP contribution >= 0.6 is 0 Å². The summed E-state index contributed by atoms with van der Waals surface area (Å²) < 4.78 is 5.06. The highest BCUT2D eigenvalue weighted by Crippen LogP contribution is 2.18.